The number of nitriles is 1. The van der Waals surface area contributed by atoms with Gasteiger partial charge >= 0.3 is 0 Å². The largest absolute Gasteiger partial charge is 0.379 e. The Bertz CT molecular complexity index is 409. The molecule has 1 aromatic carbocycles. The zero-order valence-corrected chi connectivity index (χ0v) is 9.77. The Balaban J connectivity index is 2.40. The van der Waals surface area contributed by atoms with Crippen molar-refractivity contribution in [2.24, 2.45) is 0 Å². The molecule has 3 heteroatoms. The van der Waals surface area contributed by atoms with Gasteiger partial charge in [0, 0.05) is 10.9 Å². The topological polar surface area (TPSA) is 35.8 Å². The summed E-state index contributed by atoms with van der Waals surface area (Å²) in [4.78, 5) is 1.21. The number of benzene rings is 1. The van der Waals surface area contributed by atoms with Gasteiger partial charge in [0.25, 0.3) is 0 Å². The Kier molecular flexibility index (Phi) is 2.88. The molecule has 1 aromatic rings. The Morgan fingerprint density at radius 1 is 1.53 bits per heavy atom. The number of hydrogen-bond acceptors (Lipinski definition) is 3. The van der Waals surface area contributed by atoms with E-state index in [4.69, 9.17) is 5.26 Å². The number of rotatable bonds is 1. The molecule has 0 fully saturated rings. The van der Waals surface area contributed by atoms with Crippen LogP contribution in [0.25, 0.3) is 0 Å². The molecule has 15 heavy (non-hydrogen) atoms. The number of aryl methyl sites for hydroxylation is 1. The smallest absolute Gasteiger partial charge is 0.116 e. The predicted molar refractivity (Wildman–Crippen MR) is 64.2 cm³/mol. The Labute approximate surface area is 94.7 Å². The summed E-state index contributed by atoms with van der Waals surface area (Å²) in [5.41, 5.74) is 2.56. The van der Waals surface area contributed by atoms with Gasteiger partial charge in [0.2, 0.25) is 0 Å². The van der Waals surface area contributed by atoms with Crippen LogP contribution < -0.4 is 5.32 Å². The van der Waals surface area contributed by atoms with Crippen LogP contribution in [0.3, 0.4) is 0 Å². The zero-order valence-electron chi connectivity index (χ0n) is 8.95. The van der Waals surface area contributed by atoms with Crippen LogP contribution in [0, 0.1) is 11.3 Å². The fraction of sp³-hybridized carbons (Fsp3) is 0.417. The van der Waals surface area contributed by atoms with Gasteiger partial charge in [-0.2, -0.15) is 5.26 Å². The van der Waals surface area contributed by atoms with Crippen LogP contribution in [0.5, 0.6) is 0 Å². The summed E-state index contributed by atoms with van der Waals surface area (Å²) < 4.78 is 0. The summed E-state index contributed by atoms with van der Waals surface area (Å²) in [7, 11) is 0. The molecule has 0 bridgehead atoms. The Morgan fingerprint density at radius 2 is 2.33 bits per heavy atom. The molecular weight excluding hydrogens is 204 g/mol. The van der Waals surface area contributed by atoms with Crippen molar-refractivity contribution >= 4 is 17.4 Å². The van der Waals surface area contributed by atoms with Gasteiger partial charge in [-0.05, 0) is 25.0 Å². The van der Waals surface area contributed by atoms with E-state index in [0.29, 0.717) is 0 Å². The molecule has 2 nitrogen and oxygen atoms in total. The van der Waals surface area contributed by atoms with Crippen molar-refractivity contribution in [1.29, 1.82) is 5.26 Å². The third kappa shape index (κ3) is 1.82. The minimum absolute atomic E-state index is 0.0182. The molecule has 0 aliphatic carbocycles. The molecule has 0 radical (unpaired) electrons. The van der Waals surface area contributed by atoms with Gasteiger partial charge in [-0.25, -0.2) is 0 Å². The number of para-hydroxylation sites is 1. The molecule has 78 valence electrons. The third-order valence-electron chi connectivity index (χ3n) is 2.70. The number of fused-ring (bicyclic) bond motifs is 1. The quantitative estimate of drug-likeness (QED) is 0.787. The Morgan fingerprint density at radius 3 is 3.00 bits per heavy atom. The van der Waals surface area contributed by atoms with E-state index >= 15 is 0 Å². The predicted octanol–water partition coefficient (Wildman–Crippen LogP) is 3.05. The molecule has 2 atom stereocenters. The summed E-state index contributed by atoms with van der Waals surface area (Å²) in [6.07, 6.45) is 1.03. The first-order valence-corrected chi connectivity index (χ1v) is 6.09. The molecule has 0 aromatic heterocycles. The summed E-state index contributed by atoms with van der Waals surface area (Å²) in [5.74, 6) is 0. The molecule has 2 rings (SSSR count). The van der Waals surface area contributed by atoms with Gasteiger partial charge < -0.3 is 5.32 Å². The maximum Gasteiger partial charge on any atom is 0.116 e. The highest BCUT2D eigenvalue weighted by Gasteiger charge is 2.26. The second-order valence-corrected chi connectivity index (χ2v) is 4.93. The van der Waals surface area contributed by atoms with Crippen molar-refractivity contribution in [2.75, 3.05) is 5.32 Å². The second kappa shape index (κ2) is 4.16. The second-order valence-electron chi connectivity index (χ2n) is 3.74. The minimum atomic E-state index is 0.0182. The monoisotopic (exact) mass is 218 g/mol. The fourth-order valence-corrected chi connectivity index (χ4v) is 2.88. The molecule has 2 unspecified atom stereocenters. The van der Waals surface area contributed by atoms with E-state index in [1.165, 1.54) is 16.1 Å². The summed E-state index contributed by atoms with van der Waals surface area (Å²) in [5, 5.41) is 12.5. The molecule has 0 saturated carbocycles. The highest BCUT2D eigenvalue weighted by Crippen LogP contribution is 2.39. The molecule has 0 spiro atoms. The van der Waals surface area contributed by atoms with Gasteiger partial charge in [0.1, 0.15) is 5.25 Å². The summed E-state index contributed by atoms with van der Waals surface area (Å²) in [6.45, 7) is 4.22. The molecule has 1 aliphatic heterocycles. The summed E-state index contributed by atoms with van der Waals surface area (Å²) in [6, 6.07) is 8.85. The van der Waals surface area contributed by atoms with Crippen molar-refractivity contribution in [2.45, 2.75) is 36.5 Å². The average Bonchev–Trinajstić information content (AvgIpc) is 2.27. The van der Waals surface area contributed by atoms with Crippen LogP contribution in [0.1, 0.15) is 19.4 Å². The summed E-state index contributed by atoms with van der Waals surface area (Å²) >= 11 is 1.67. The molecule has 1 heterocycles. The molecule has 0 saturated heterocycles. The first-order valence-electron chi connectivity index (χ1n) is 5.21. The average molecular weight is 218 g/mol. The van der Waals surface area contributed by atoms with Gasteiger partial charge in [0.15, 0.2) is 0 Å². The SMILES string of the molecule is CCc1cccc2c1NC(C)C(C#N)S2. The van der Waals surface area contributed by atoms with Crippen molar-refractivity contribution in [1.82, 2.24) is 0 Å². The van der Waals surface area contributed by atoms with Crippen LogP contribution in [0.15, 0.2) is 23.1 Å². The van der Waals surface area contributed by atoms with Crippen molar-refractivity contribution in [3.8, 4) is 6.07 Å². The van der Waals surface area contributed by atoms with E-state index in [1.807, 2.05) is 0 Å². The maximum atomic E-state index is 9.00. The van der Waals surface area contributed by atoms with E-state index in [1.54, 1.807) is 11.8 Å². The normalized spacial score (nSPS) is 23.8. The highest BCUT2D eigenvalue weighted by molar-refractivity contribution is 8.00. The van der Waals surface area contributed by atoms with Crippen LogP contribution in [0.2, 0.25) is 0 Å². The number of nitrogens with one attached hydrogen (secondary N) is 1. The fourth-order valence-electron chi connectivity index (χ4n) is 1.81. The van der Waals surface area contributed by atoms with Gasteiger partial charge in [-0.1, -0.05) is 19.1 Å². The number of hydrogen-bond donors (Lipinski definition) is 1. The number of nitrogens with zero attached hydrogens (tertiary/aromatic N) is 1. The van der Waals surface area contributed by atoms with E-state index < -0.39 is 0 Å². The molecule has 0 amide bonds. The van der Waals surface area contributed by atoms with Crippen molar-refractivity contribution in [3.63, 3.8) is 0 Å². The van der Waals surface area contributed by atoms with E-state index in [0.717, 1.165) is 6.42 Å². The lowest BCUT2D eigenvalue weighted by Gasteiger charge is -2.29. The first kappa shape index (κ1) is 10.4. The number of anilines is 1. The standard InChI is InChI=1S/C12H14N2S/c1-3-9-5-4-6-10-12(9)14-8(2)11(7-13)15-10/h4-6,8,11,14H,3H2,1-2H3. The lowest BCUT2D eigenvalue weighted by atomic mass is 10.1. The molecular formula is C12H14N2S. The van der Waals surface area contributed by atoms with Crippen molar-refractivity contribution < 1.29 is 0 Å². The van der Waals surface area contributed by atoms with Crippen LogP contribution in [-0.4, -0.2) is 11.3 Å². The zero-order chi connectivity index (χ0) is 10.8. The van der Waals surface area contributed by atoms with Gasteiger partial charge in [-0.3, -0.25) is 0 Å². The van der Waals surface area contributed by atoms with Crippen LogP contribution >= 0.6 is 11.8 Å². The maximum absolute atomic E-state index is 9.00. The third-order valence-corrected chi connectivity index (χ3v) is 4.06. The van der Waals surface area contributed by atoms with Crippen LogP contribution in [0.4, 0.5) is 5.69 Å². The lowest BCUT2D eigenvalue weighted by molar-refractivity contribution is 0.815. The van der Waals surface area contributed by atoms with E-state index in [-0.39, 0.29) is 11.3 Å². The highest BCUT2D eigenvalue weighted by atomic mass is 32.2. The van der Waals surface area contributed by atoms with Gasteiger partial charge in [0.05, 0.1) is 11.8 Å². The number of thioether (sulfide) groups is 1. The molecule has 1 N–H and O–H groups in total. The van der Waals surface area contributed by atoms with Gasteiger partial charge in [-0.15, -0.1) is 11.8 Å². The first-order chi connectivity index (χ1) is 7.26. The lowest BCUT2D eigenvalue weighted by Crippen LogP contribution is -2.31. The van der Waals surface area contributed by atoms with Crippen molar-refractivity contribution in [3.05, 3.63) is 23.8 Å². The van der Waals surface area contributed by atoms with Crippen LogP contribution in [-0.2, 0) is 6.42 Å². The van der Waals surface area contributed by atoms with E-state index in [9.17, 15) is 0 Å². The van der Waals surface area contributed by atoms with E-state index in [2.05, 4.69) is 43.4 Å². The minimum Gasteiger partial charge on any atom is -0.379 e. The Hall–Kier alpha value is -1.14. The molecule has 1 aliphatic rings.